The van der Waals surface area contributed by atoms with Gasteiger partial charge in [-0.15, -0.1) is 0 Å². The number of para-hydroxylation sites is 2. The number of likely N-dealkylation sites (tertiary alicyclic amines) is 1. The summed E-state index contributed by atoms with van der Waals surface area (Å²) < 4.78 is 29.4. The first kappa shape index (κ1) is 32.9. The van der Waals surface area contributed by atoms with E-state index in [9.17, 15) is 19.5 Å². The van der Waals surface area contributed by atoms with E-state index in [-0.39, 0.29) is 49.9 Å². The van der Waals surface area contributed by atoms with Crippen molar-refractivity contribution in [3.05, 3.63) is 82.3 Å². The smallest absolute Gasteiger partial charge is 0.269 e. The first-order chi connectivity index (χ1) is 22.9. The van der Waals surface area contributed by atoms with Crippen LogP contribution in [-0.2, 0) is 31.3 Å². The van der Waals surface area contributed by atoms with Crippen molar-refractivity contribution >= 4 is 59.1 Å². The second-order valence-corrected chi connectivity index (χ2v) is 18.5. The predicted molar refractivity (Wildman–Crippen MR) is 185 cm³/mol. The molecule has 3 aromatic rings. The Morgan fingerprint density at radius 2 is 1.83 bits per heavy atom. The summed E-state index contributed by atoms with van der Waals surface area (Å²) in [5, 5.41) is 9.83. The summed E-state index contributed by atoms with van der Waals surface area (Å²) in [5.41, 5.74) is 1.47. The second-order valence-electron chi connectivity index (χ2n) is 13.7. The van der Waals surface area contributed by atoms with Gasteiger partial charge < -0.3 is 28.5 Å². The molecule has 0 aliphatic carbocycles. The van der Waals surface area contributed by atoms with E-state index in [1.165, 1.54) is 0 Å². The molecule has 7 rings (SSSR count). The SMILES string of the molecule is C[C@H]1[C@H]([Si](C)(C)F)[C@@H](CC(=O)N2CCC[C@H]2CO)O[C@]12C(=O)N(Cc1ccc(N3C(=O)COc4ccccc43)cc1)c1ccc(Br)cc12. The summed E-state index contributed by atoms with van der Waals surface area (Å²) in [5.74, 6) is -0.536. The van der Waals surface area contributed by atoms with Crippen LogP contribution in [0.15, 0.2) is 71.2 Å². The van der Waals surface area contributed by atoms with E-state index in [1.807, 2.05) is 73.7 Å². The van der Waals surface area contributed by atoms with Crippen molar-refractivity contribution < 1.29 is 33.1 Å². The van der Waals surface area contributed by atoms with E-state index in [4.69, 9.17) is 9.47 Å². The number of benzene rings is 3. The van der Waals surface area contributed by atoms with E-state index in [2.05, 4.69) is 15.9 Å². The number of hydrogen-bond acceptors (Lipinski definition) is 6. The molecule has 3 aromatic carbocycles. The van der Waals surface area contributed by atoms with Crippen LogP contribution in [0.5, 0.6) is 5.75 Å². The molecule has 0 aromatic heterocycles. The van der Waals surface area contributed by atoms with Crippen LogP contribution in [0.25, 0.3) is 0 Å². The van der Waals surface area contributed by atoms with Gasteiger partial charge in [-0.25, -0.2) is 0 Å². The molecular weight excluding hydrogens is 697 g/mol. The van der Waals surface area contributed by atoms with Gasteiger partial charge >= 0.3 is 0 Å². The molecule has 0 unspecified atom stereocenters. The third-order valence-electron chi connectivity index (χ3n) is 10.4. The van der Waals surface area contributed by atoms with E-state index in [1.54, 1.807) is 27.8 Å². The fourth-order valence-corrected chi connectivity index (χ4v) is 11.2. The molecule has 2 saturated heterocycles. The zero-order valence-corrected chi connectivity index (χ0v) is 29.8. The number of hydrogen-bond donors (Lipinski definition) is 1. The lowest BCUT2D eigenvalue weighted by atomic mass is 9.82. The van der Waals surface area contributed by atoms with E-state index in [0.29, 0.717) is 34.9 Å². The van der Waals surface area contributed by atoms with Crippen LogP contribution >= 0.6 is 15.9 Å². The normalized spacial score (nSPS) is 26.7. The zero-order chi connectivity index (χ0) is 34.0. The lowest BCUT2D eigenvalue weighted by molar-refractivity contribution is -0.150. The number of amides is 3. The highest BCUT2D eigenvalue weighted by molar-refractivity contribution is 9.10. The van der Waals surface area contributed by atoms with Gasteiger partial charge in [0, 0.05) is 33.7 Å². The van der Waals surface area contributed by atoms with E-state index >= 15 is 4.11 Å². The quantitative estimate of drug-likeness (QED) is 0.229. The molecule has 5 atom stereocenters. The molecule has 0 bridgehead atoms. The minimum atomic E-state index is -3.46. The number of aliphatic hydroxyl groups excluding tert-OH is 1. The van der Waals surface area contributed by atoms with Crippen LogP contribution in [0.4, 0.5) is 21.2 Å². The van der Waals surface area contributed by atoms with Gasteiger partial charge in [-0.3, -0.25) is 19.3 Å². The lowest BCUT2D eigenvalue weighted by Gasteiger charge is -2.31. The number of fused-ring (bicyclic) bond motifs is 3. The highest BCUT2D eigenvalue weighted by atomic mass is 79.9. The van der Waals surface area contributed by atoms with Gasteiger partial charge in [0.1, 0.15) is 5.75 Å². The van der Waals surface area contributed by atoms with Crippen molar-refractivity contribution in [2.24, 2.45) is 5.92 Å². The molecule has 0 radical (unpaired) electrons. The van der Waals surface area contributed by atoms with Crippen LogP contribution < -0.4 is 14.5 Å². The number of carbonyl (C=O) groups is 3. The topological polar surface area (TPSA) is 99.6 Å². The van der Waals surface area contributed by atoms with Crippen LogP contribution in [0.3, 0.4) is 0 Å². The minimum Gasteiger partial charge on any atom is -0.482 e. The number of ether oxygens (including phenoxy) is 2. The monoisotopic (exact) mass is 735 g/mol. The van der Waals surface area contributed by atoms with Gasteiger partial charge in [-0.2, -0.15) is 0 Å². The first-order valence-corrected chi connectivity index (χ1v) is 20.2. The molecular formula is C36H39BrFN3O6Si. The van der Waals surface area contributed by atoms with Gasteiger partial charge in [0.2, 0.25) is 14.3 Å². The van der Waals surface area contributed by atoms with Crippen molar-refractivity contribution in [3.63, 3.8) is 0 Å². The molecule has 4 heterocycles. The Hall–Kier alpha value is -3.58. The molecule has 12 heteroatoms. The second kappa shape index (κ2) is 12.4. The molecule has 2 fully saturated rings. The van der Waals surface area contributed by atoms with Crippen molar-refractivity contribution in [3.8, 4) is 5.75 Å². The molecule has 0 saturated carbocycles. The molecule has 4 aliphatic rings. The summed E-state index contributed by atoms with van der Waals surface area (Å²) in [6.07, 6.45) is 0.701. The number of nitrogens with zero attached hydrogens (tertiary/aromatic N) is 3. The maximum absolute atomic E-state index is 16.3. The maximum atomic E-state index is 16.3. The van der Waals surface area contributed by atoms with Crippen molar-refractivity contribution in [1.29, 1.82) is 0 Å². The third kappa shape index (κ3) is 5.37. The van der Waals surface area contributed by atoms with Gasteiger partial charge in [0.05, 0.1) is 43.1 Å². The van der Waals surface area contributed by atoms with Crippen LogP contribution in [0.2, 0.25) is 18.6 Å². The van der Waals surface area contributed by atoms with Crippen molar-refractivity contribution in [2.75, 3.05) is 29.6 Å². The van der Waals surface area contributed by atoms with Crippen molar-refractivity contribution in [2.45, 2.75) is 69.1 Å². The van der Waals surface area contributed by atoms with Gasteiger partial charge in [-0.1, -0.05) is 47.1 Å². The maximum Gasteiger partial charge on any atom is 0.269 e. The summed E-state index contributed by atoms with van der Waals surface area (Å²) in [7, 11) is -3.46. The van der Waals surface area contributed by atoms with Crippen LogP contribution in [0.1, 0.15) is 37.3 Å². The Morgan fingerprint density at radius 1 is 1.08 bits per heavy atom. The molecule has 1 spiro atoms. The molecule has 48 heavy (non-hydrogen) atoms. The molecule has 1 N–H and O–H groups in total. The molecule has 252 valence electrons. The fraction of sp³-hybridized carbons (Fsp3) is 0.417. The van der Waals surface area contributed by atoms with Crippen LogP contribution in [-0.4, -0.2) is 68.0 Å². The Bertz CT molecular complexity index is 1770. The summed E-state index contributed by atoms with van der Waals surface area (Å²) in [6, 6.07) is 20.3. The number of aliphatic hydroxyl groups is 1. The zero-order valence-electron chi connectivity index (χ0n) is 27.2. The minimum absolute atomic E-state index is 0.0466. The van der Waals surface area contributed by atoms with Crippen molar-refractivity contribution in [1.82, 2.24) is 4.90 Å². The summed E-state index contributed by atoms with van der Waals surface area (Å²) in [6.45, 7) is 5.74. The van der Waals surface area contributed by atoms with Crippen LogP contribution in [0, 0.1) is 5.92 Å². The van der Waals surface area contributed by atoms with Gasteiger partial charge in [-0.05, 0) is 74.0 Å². The number of halogens is 2. The average molecular weight is 737 g/mol. The number of rotatable bonds is 7. The fourth-order valence-electron chi connectivity index (χ4n) is 8.34. The standard InChI is InChI=1S/C36H39BrFN3O6Si/c1-22-34(48(2,3)38)31(18-32(43)39-16-6-7-26(39)20-42)47-36(22)27-17-24(37)12-15-28(27)40(35(36)45)19-23-10-13-25(14-11-23)41-29-8-4-5-9-30(29)46-21-33(41)44/h4-5,8-15,17,22,26,31,34,42H,6-7,16,18-21H2,1-3H3/t22-,26-,31+,34-,36+/m0/s1. The summed E-state index contributed by atoms with van der Waals surface area (Å²) >= 11 is 3.58. The Morgan fingerprint density at radius 3 is 2.56 bits per heavy atom. The molecule has 4 aliphatic heterocycles. The molecule has 3 amide bonds. The van der Waals surface area contributed by atoms with E-state index in [0.717, 1.165) is 22.9 Å². The average Bonchev–Trinajstić information content (AvgIpc) is 3.72. The molecule has 9 nitrogen and oxygen atoms in total. The Labute approximate surface area is 288 Å². The predicted octanol–water partition coefficient (Wildman–Crippen LogP) is 6.20. The number of carbonyl (C=O) groups excluding carboxylic acids is 3. The third-order valence-corrected chi connectivity index (χ3v) is 13.4. The largest absolute Gasteiger partial charge is 0.482 e. The Balaban J connectivity index is 1.20. The highest BCUT2D eigenvalue weighted by Crippen LogP contribution is 2.60. The van der Waals surface area contributed by atoms with Gasteiger partial charge in [0.25, 0.3) is 11.8 Å². The van der Waals surface area contributed by atoms with Gasteiger partial charge in [0.15, 0.2) is 12.2 Å². The first-order valence-electron chi connectivity index (χ1n) is 16.5. The summed E-state index contributed by atoms with van der Waals surface area (Å²) in [4.78, 5) is 46.2. The number of anilines is 3. The highest BCUT2D eigenvalue weighted by Gasteiger charge is 2.67. The van der Waals surface area contributed by atoms with E-state index < -0.39 is 31.6 Å². The Kier molecular flexibility index (Phi) is 8.50. The lowest BCUT2D eigenvalue weighted by Crippen LogP contribution is -2.45.